The van der Waals surface area contributed by atoms with Gasteiger partial charge in [-0.25, -0.2) is 17.9 Å². The summed E-state index contributed by atoms with van der Waals surface area (Å²) in [6, 6.07) is 6.44. The van der Waals surface area contributed by atoms with Crippen molar-refractivity contribution in [2.24, 2.45) is 0 Å². The molecule has 0 aromatic heterocycles. The second-order valence-electron chi connectivity index (χ2n) is 6.07. The maximum atomic E-state index is 12.3. The van der Waals surface area contributed by atoms with Gasteiger partial charge in [0.15, 0.2) is 0 Å². The predicted molar refractivity (Wildman–Crippen MR) is 94.6 cm³/mol. The van der Waals surface area contributed by atoms with E-state index in [-0.39, 0.29) is 11.5 Å². The SMILES string of the molecule is CCOC(=O)c1ccc(S(=O)(=O)NCCN(C(C)C)C(C)C)cc1. The number of carbonyl (C=O) groups is 1. The van der Waals surface area contributed by atoms with Crippen molar-refractivity contribution in [1.82, 2.24) is 9.62 Å². The van der Waals surface area contributed by atoms with E-state index < -0.39 is 16.0 Å². The molecule has 1 aromatic rings. The highest BCUT2D eigenvalue weighted by Gasteiger charge is 2.17. The van der Waals surface area contributed by atoms with Crippen LogP contribution in [0.15, 0.2) is 29.2 Å². The number of benzene rings is 1. The summed E-state index contributed by atoms with van der Waals surface area (Å²) in [6.45, 7) is 11.3. The topological polar surface area (TPSA) is 75.7 Å². The minimum absolute atomic E-state index is 0.135. The Balaban J connectivity index is 2.70. The van der Waals surface area contributed by atoms with Crippen molar-refractivity contribution in [2.75, 3.05) is 19.7 Å². The summed E-state index contributed by atoms with van der Waals surface area (Å²) in [5.74, 6) is -0.459. The van der Waals surface area contributed by atoms with Gasteiger partial charge in [-0.3, -0.25) is 4.90 Å². The third kappa shape index (κ3) is 5.89. The Hall–Kier alpha value is -1.44. The van der Waals surface area contributed by atoms with Gasteiger partial charge in [0.1, 0.15) is 0 Å². The number of esters is 1. The number of sulfonamides is 1. The van der Waals surface area contributed by atoms with Crippen molar-refractivity contribution in [3.8, 4) is 0 Å². The molecule has 0 aliphatic rings. The van der Waals surface area contributed by atoms with Crippen molar-refractivity contribution in [3.63, 3.8) is 0 Å². The first-order valence-corrected chi connectivity index (χ1v) is 9.70. The van der Waals surface area contributed by atoms with E-state index in [1.165, 1.54) is 24.3 Å². The van der Waals surface area contributed by atoms with E-state index in [9.17, 15) is 13.2 Å². The van der Waals surface area contributed by atoms with Crippen molar-refractivity contribution in [3.05, 3.63) is 29.8 Å². The number of hydrogen-bond donors (Lipinski definition) is 1. The fourth-order valence-corrected chi connectivity index (χ4v) is 3.51. The molecule has 0 fully saturated rings. The van der Waals surface area contributed by atoms with Crippen LogP contribution < -0.4 is 4.72 Å². The first kappa shape index (κ1) is 20.6. The van der Waals surface area contributed by atoms with Crippen molar-refractivity contribution in [2.45, 2.75) is 51.6 Å². The van der Waals surface area contributed by atoms with Crippen molar-refractivity contribution < 1.29 is 17.9 Å². The lowest BCUT2D eigenvalue weighted by Crippen LogP contribution is -2.42. The smallest absolute Gasteiger partial charge is 0.338 e. The highest BCUT2D eigenvalue weighted by molar-refractivity contribution is 7.89. The molecule has 0 heterocycles. The molecule has 1 rings (SSSR count). The van der Waals surface area contributed by atoms with Crippen LogP contribution in [0.2, 0.25) is 0 Å². The lowest BCUT2D eigenvalue weighted by molar-refractivity contribution is 0.0526. The molecule has 1 N–H and O–H groups in total. The van der Waals surface area contributed by atoms with E-state index in [2.05, 4.69) is 37.3 Å². The van der Waals surface area contributed by atoms with E-state index in [0.717, 1.165) is 0 Å². The summed E-state index contributed by atoms with van der Waals surface area (Å²) in [5.41, 5.74) is 0.335. The maximum Gasteiger partial charge on any atom is 0.338 e. The predicted octanol–water partition coefficient (Wildman–Crippen LogP) is 2.26. The largest absolute Gasteiger partial charge is 0.462 e. The van der Waals surface area contributed by atoms with Crippen LogP contribution in [-0.2, 0) is 14.8 Å². The Morgan fingerprint density at radius 1 is 1.12 bits per heavy atom. The van der Waals surface area contributed by atoms with Crippen LogP contribution in [0, 0.1) is 0 Å². The van der Waals surface area contributed by atoms with Crippen molar-refractivity contribution >= 4 is 16.0 Å². The molecule has 0 amide bonds. The molecule has 6 nitrogen and oxygen atoms in total. The van der Waals surface area contributed by atoms with E-state index in [1.54, 1.807) is 6.92 Å². The molecule has 0 unspecified atom stereocenters. The maximum absolute atomic E-state index is 12.3. The van der Waals surface area contributed by atoms with Gasteiger partial charge < -0.3 is 4.74 Å². The number of nitrogens with zero attached hydrogens (tertiary/aromatic N) is 1. The summed E-state index contributed by atoms with van der Waals surface area (Å²) in [6.07, 6.45) is 0. The Morgan fingerprint density at radius 2 is 1.67 bits per heavy atom. The molecule has 0 radical (unpaired) electrons. The van der Waals surface area contributed by atoms with E-state index in [1.807, 2.05) is 0 Å². The van der Waals surface area contributed by atoms with Gasteiger partial charge in [-0.1, -0.05) is 0 Å². The monoisotopic (exact) mass is 356 g/mol. The zero-order valence-electron chi connectivity index (χ0n) is 15.1. The second-order valence-corrected chi connectivity index (χ2v) is 7.83. The molecular weight excluding hydrogens is 328 g/mol. The first-order chi connectivity index (χ1) is 11.2. The Morgan fingerprint density at radius 3 is 2.12 bits per heavy atom. The van der Waals surface area contributed by atoms with Gasteiger partial charge in [0.05, 0.1) is 17.1 Å². The molecule has 0 saturated heterocycles. The molecule has 0 aliphatic heterocycles. The normalized spacial score (nSPS) is 12.2. The molecule has 0 atom stereocenters. The van der Waals surface area contributed by atoms with Gasteiger partial charge in [-0.15, -0.1) is 0 Å². The highest BCUT2D eigenvalue weighted by atomic mass is 32.2. The number of hydrogen-bond acceptors (Lipinski definition) is 5. The molecule has 7 heteroatoms. The van der Waals surface area contributed by atoms with Gasteiger partial charge in [0.25, 0.3) is 0 Å². The van der Waals surface area contributed by atoms with Crippen LogP contribution in [0.25, 0.3) is 0 Å². The van der Waals surface area contributed by atoms with Gasteiger partial charge >= 0.3 is 5.97 Å². The van der Waals surface area contributed by atoms with E-state index in [4.69, 9.17) is 4.74 Å². The van der Waals surface area contributed by atoms with E-state index >= 15 is 0 Å². The summed E-state index contributed by atoms with van der Waals surface area (Å²) >= 11 is 0. The van der Waals surface area contributed by atoms with Crippen LogP contribution in [0.4, 0.5) is 0 Å². The molecule has 0 bridgehead atoms. The van der Waals surface area contributed by atoms with Gasteiger partial charge in [-0.2, -0.15) is 0 Å². The standard InChI is InChI=1S/C17H28N2O4S/c1-6-23-17(20)15-7-9-16(10-8-15)24(21,22)18-11-12-19(13(2)3)14(4)5/h7-10,13-14,18H,6,11-12H2,1-5H3. The third-order valence-corrected chi connectivity index (χ3v) is 5.14. The average molecular weight is 356 g/mol. The van der Waals surface area contributed by atoms with Crippen LogP contribution in [0.5, 0.6) is 0 Å². The average Bonchev–Trinajstić information content (AvgIpc) is 2.51. The Labute approximate surface area is 145 Å². The second kappa shape index (κ2) is 9.15. The quantitative estimate of drug-likeness (QED) is 0.687. The summed E-state index contributed by atoms with van der Waals surface area (Å²) < 4.78 is 32.1. The Bertz CT molecular complexity index is 616. The van der Waals surface area contributed by atoms with Gasteiger partial charge in [0.2, 0.25) is 10.0 Å². The van der Waals surface area contributed by atoms with Crippen LogP contribution in [-0.4, -0.2) is 51.1 Å². The van der Waals surface area contributed by atoms with E-state index in [0.29, 0.717) is 30.7 Å². The molecule has 24 heavy (non-hydrogen) atoms. The van der Waals surface area contributed by atoms with Crippen LogP contribution >= 0.6 is 0 Å². The summed E-state index contributed by atoms with van der Waals surface area (Å²) in [5, 5.41) is 0. The lowest BCUT2D eigenvalue weighted by atomic mass is 10.2. The fraction of sp³-hybridized carbons (Fsp3) is 0.588. The summed E-state index contributed by atoms with van der Waals surface area (Å²) in [4.78, 5) is 13.9. The third-order valence-electron chi connectivity index (χ3n) is 3.66. The molecule has 0 spiro atoms. The van der Waals surface area contributed by atoms with Gasteiger partial charge in [-0.05, 0) is 58.9 Å². The molecular formula is C17H28N2O4S. The number of rotatable bonds is 9. The zero-order valence-corrected chi connectivity index (χ0v) is 15.9. The molecule has 0 saturated carbocycles. The minimum Gasteiger partial charge on any atom is -0.462 e. The number of nitrogens with one attached hydrogen (secondary N) is 1. The minimum atomic E-state index is -3.59. The zero-order chi connectivity index (χ0) is 18.3. The lowest BCUT2D eigenvalue weighted by Gasteiger charge is -2.30. The Kier molecular flexibility index (Phi) is 7.86. The fourth-order valence-electron chi connectivity index (χ4n) is 2.49. The highest BCUT2D eigenvalue weighted by Crippen LogP contribution is 2.12. The molecule has 0 aliphatic carbocycles. The van der Waals surface area contributed by atoms with Crippen LogP contribution in [0.1, 0.15) is 45.0 Å². The molecule has 1 aromatic carbocycles. The summed E-state index contributed by atoms with van der Waals surface area (Å²) in [7, 11) is -3.59. The van der Waals surface area contributed by atoms with Crippen LogP contribution in [0.3, 0.4) is 0 Å². The number of carbonyl (C=O) groups excluding carboxylic acids is 1. The first-order valence-electron chi connectivity index (χ1n) is 8.21. The molecule has 136 valence electrons. The van der Waals surface area contributed by atoms with Crippen molar-refractivity contribution in [1.29, 1.82) is 0 Å². The number of ether oxygens (including phenoxy) is 1. The van der Waals surface area contributed by atoms with Gasteiger partial charge in [0, 0.05) is 25.2 Å².